The van der Waals surface area contributed by atoms with Gasteiger partial charge in [0, 0.05) is 28.4 Å². The Balaban J connectivity index is 1.74. The minimum atomic E-state index is 0.0433. The first kappa shape index (κ1) is 18.2. The van der Waals surface area contributed by atoms with Crippen molar-refractivity contribution in [3.05, 3.63) is 71.7 Å². The number of aromatic amines is 1. The Morgan fingerprint density at radius 2 is 1.97 bits per heavy atom. The van der Waals surface area contributed by atoms with Crippen LogP contribution in [0.4, 0.5) is 17.6 Å². The highest BCUT2D eigenvalue weighted by molar-refractivity contribution is 5.97. The molecular formula is C22H19N7. The molecule has 4 rings (SSSR count). The maximum absolute atomic E-state index is 9.73. The van der Waals surface area contributed by atoms with E-state index in [0.717, 1.165) is 28.6 Å². The highest BCUT2D eigenvalue weighted by Crippen LogP contribution is 2.26. The quantitative estimate of drug-likeness (QED) is 0.444. The van der Waals surface area contributed by atoms with Gasteiger partial charge in [-0.2, -0.15) is 20.2 Å². The Morgan fingerprint density at radius 1 is 1.14 bits per heavy atom. The smallest absolute Gasteiger partial charge is 0.232 e. The molecule has 0 aliphatic carbocycles. The zero-order valence-electron chi connectivity index (χ0n) is 15.8. The number of benzene rings is 2. The van der Waals surface area contributed by atoms with Gasteiger partial charge in [0.05, 0.1) is 5.57 Å². The summed E-state index contributed by atoms with van der Waals surface area (Å²) in [5.74, 6) is 0.549. The highest BCUT2D eigenvalue weighted by Gasteiger charge is 2.12. The molecular weight excluding hydrogens is 362 g/mol. The molecule has 0 fully saturated rings. The maximum Gasteiger partial charge on any atom is 0.232 e. The van der Waals surface area contributed by atoms with Crippen molar-refractivity contribution >= 4 is 40.1 Å². The third-order valence-electron chi connectivity index (χ3n) is 4.56. The van der Waals surface area contributed by atoms with Crippen molar-refractivity contribution in [2.24, 2.45) is 0 Å². The lowest BCUT2D eigenvalue weighted by molar-refractivity contribution is 1.04. The van der Waals surface area contributed by atoms with Crippen LogP contribution in [0.3, 0.4) is 0 Å². The van der Waals surface area contributed by atoms with Crippen molar-refractivity contribution in [2.45, 2.75) is 13.3 Å². The van der Waals surface area contributed by atoms with Crippen LogP contribution in [0, 0.1) is 11.3 Å². The van der Waals surface area contributed by atoms with E-state index in [0.29, 0.717) is 5.57 Å². The van der Waals surface area contributed by atoms with Gasteiger partial charge in [0.1, 0.15) is 6.07 Å². The van der Waals surface area contributed by atoms with E-state index >= 15 is 0 Å². The minimum Gasteiger partial charge on any atom is -0.368 e. The van der Waals surface area contributed by atoms with Crippen molar-refractivity contribution in [3.63, 3.8) is 0 Å². The minimum absolute atomic E-state index is 0.0433. The summed E-state index contributed by atoms with van der Waals surface area (Å²) in [6.07, 6.45) is 4.57. The number of fused-ring (bicyclic) bond motifs is 1. The van der Waals surface area contributed by atoms with Gasteiger partial charge in [-0.15, -0.1) is 0 Å². The fourth-order valence-corrected chi connectivity index (χ4v) is 3.17. The molecule has 0 atom stereocenters. The number of nitrogen functional groups attached to an aromatic ring is 1. The van der Waals surface area contributed by atoms with E-state index in [2.05, 4.69) is 44.3 Å². The number of hydrogen-bond acceptors (Lipinski definition) is 6. The first-order valence-corrected chi connectivity index (χ1v) is 9.22. The lowest BCUT2D eigenvalue weighted by Gasteiger charge is -2.06. The number of aromatic nitrogens is 4. The molecule has 142 valence electrons. The Morgan fingerprint density at radius 3 is 2.72 bits per heavy atom. The number of anilines is 3. The third kappa shape index (κ3) is 3.77. The van der Waals surface area contributed by atoms with Crippen LogP contribution in [0.1, 0.15) is 23.9 Å². The highest BCUT2D eigenvalue weighted by atomic mass is 15.2. The Kier molecular flexibility index (Phi) is 4.91. The van der Waals surface area contributed by atoms with Crippen LogP contribution in [0.5, 0.6) is 0 Å². The molecule has 29 heavy (non-hydrogen) atoms. The van der Waals surface area contributed by atoms with Crippen LogP contribution in [0.15, 0.2) is 54.7 Å². The second-order valence-corrected chi connectivity index (χ2v) is 6.44. The molecule has 4 aromatic rings. The molecule has 0 amide bonds. The number of nitrogens with one attached hydrogen (secondary N) is 2. The molecule has 0 aliphatic heterocycles. The molecule has 0 radical (unpaired) electrons. The van der Waals surface area contributed by atoms with Gasteiger partial charge in [-0.3, -0.25) is 0 Å². The molecule has 0 unspecified atom stereocenters. The van der Waals surface area contributed by atoms with Gasteiger partial charge < -0.3 is 16.0 Å². The van der Waals surface area contributed by atoms with E-state index in [9.17, 15) is 5.26 Å². The van der Waals surface area contributed by atoms with Crippen LogP contribution in [0.2, 0.25) is 0 Å². The average molecular weight is 381 g/mol. The summed E-state index contributed by atoms with van der Waals surface area (Å²) in [7, 11) is 0. The number of nitrogens with two attached hydrogens (primary N) is 1. The standard InChI is InChI=1S/C22H19N7/c1-2-14-7-6-10-18-16(13-25-19(14)18)11-15(12-23)20-27-21(24)29-22(28-20)26-17-8-4-3-5-9-17/h3-11,13,25H,2H2,1H3,(H3,24,26,27,28,29). The second kappa shape index (κ2) is 7.82. The van der Waals surface area contributed by atoms with Crippen LogP contribution < -0.4 is 11.1 Å². The summed E-state index contributed by atoms with van der Waals surface area (Å²) in [4.78, 5) is 16.0. The normalized spacial score (nSPS) is 11.4. The van der Waals surface area contributed by atoms with Crippen LogP contribution in [-0.2, 0) is 6.42 Å². The van der Waals surface area contributed by atoms with E-state index in [-0.39, 0.29) is 17.7 Å². The van der Waals surface area contributed by atoms with Crippen LogP contribution in [-0.4, -0.2) is 19.9 Å². The number of allylic oxidation sites excluding steroid dienone is 1. The van der Waals surface area contributed by atoms with Crippen LogP contribution in [0.25, 0.3) is 22.6 Å². The third-order valence-corrected chi connectivity index (χ3v) is 4.56. The fraction of sp³-hybridized carbons (Fsp3) is 0.0909. The monoisotopic (exact) mass is 381 g/mol. The van der Waals surface area contributed by atoms with E-state index in [4.69, 9.17) is 5.73 Å². The van der Waals surface area contributed by atoms with Crippen LogP contribution >= 0.6 is 0 Å². The molecule has 0 saturated heterocycles. The molecule has 0 bridgehead atoms. The summed E-state index contributed by atoms with van der Waals surface area (Å²) in [6, 6.07) is 17.8. The van der Waals surface area contributed by atoms with Crippen molar-refractivity contribution in [3.8, 4) is 6.07 Å². The Bertz CT molecular complexity index is 1230. The lowest BCUT2D eigenvalue weighted by Crippen LogP contribution is -2.06. The molecule has 7 heteroatoms. The number of H-pyrrole nitrogens is 1. The Labute approximate surface area is 168 Å². The van der Waals surface area contributed by atoms with Gasteiger partial charge in [-0.1, -0.05) is 43.3 Å². The van der Waals surface area contributed by atoms with Gasteiger partial charge in [0.2, 0.25) is 11.9 Å². The molecule has 0 spiro atoms. The number of nitriles is 1. The van der Waals surface area contributed by atoms with Crippen molar-refractivity contribution < 1.29 is 0 Å². The van der Waals surface area contributed by atoms with E-state index < -0.39 is 0 Å². The molecule has 2 aromatic heterocycles. The Hall–Kier alpha value is -4.18. The zero-order chi connectivity index (χ0) is 20.2. The van der Waals surface area contributed by atoms with E-state index in [1.165, 1.54) is 5.56 Å². The lowest BCUT2D eigenvalue weighted by atomic mass is 10.1. The zero-order valence-corrected chi connectivity index (χ0v) is 15.8. The molecule has 2 heterocycles. The molecule has 0 aliphatic rings. The van der Waals surface area contributed by atoms with Gasteiger partial charge in [-0.05, 0) is 30.2 Å². The van der Waals surface area contributed by atoms with Gasteiger partial charge in [-0.25, -0.2) is 0 Å². The van der Waals surface area contributed by atoms with Gasteiger partial charge in [0.25, 0.3) is 0 Å². The molecule has 4 N–H and O–H groups in total. The molecule has 0 saturated carbocycles. The largest absolute Gasteiger partial charge is 0.368 e. The number of para-hydroxylation sites is 2. The first-order chi connectivity index (χ1) is 14.2. The summed E-state index contributed by atoms with van der Waals surface area (Å²) < 4.78 is 0. The predicted molar refractivity (Wildman–Crippen MR) is 115 cm³/mol. The van der Waals surface area contributed by atoms with E-state index in [1.807, 2.05) is 48.7 Å². The second-order valence-electron chi connectivity index (χ2n) is 6.44. The fourth-order valence-electron chi connectivity index (χ4n) is 3.17. The summed E-state index contributed by atoms with van der Waals surface area (Å²) >= 11 is 0. The number of hydrogen-bond donors (Lipinski definition) is 3. The summed E-state index contributed by atoms with van der Waals surface area (Å²) in [5, 5.41) is 13.9. The van der Waals surface area contributed by atoms with Gasteiger partial charge in [0.15, 0.2) is 5.82 Å². The summed E-state index contributed by atoms with van der Waals surface area (Å²) in [5.41, 5.74) is 10.2. The van der Waals surface area contributed by atoms with E-state index in [1.54, 1.807) is 6.08 Å². The molecule has 7 nitrogen and oxygen atoms in total. The molecule has 2 aromatic carbocycles. The average Bonchev–Trinajstić information content (AvgIpc) is 3.15. The number of nitrogens with zero attached hydrogens (tertiary/aromatic N) is 4. The summed E-state index contributed by atoms with van der Waals surface area (Å²) in [6.45, 7) is 2.11. The van der Waals surface area contributed by atoms with Crippen molar-refractivity contribution in [1.29, 1.82) is 5.26 Å². The maximum atomic E-state index is 9.73. The van der Waals surface area contributed by atoms with Crippen molar-refractivity contribution in [1.82, 2.24) is 19.9 Å². The first-order valence-electron chi connectivity index (χ1n) is 9.22. The number of rotatable bonds is 5. The van der Waals surface area contributed by atoms with Crippen molar-refractivity contribution in [2.75, 3.05) is 11.1 Å². The number of aryl methyl sites for hydroxylation is 1. The SMILES string of the molecule is CCc1cccc2c(C=C(C#N)c3nc(N)nc(Nc4ccccc4)n3)c[nH]c12. The topological polar surface area (TPSA) is 116 Å². The predicted octanol–water partition coefficient (Wildman–Crippen LogP) is 4.31. The van der Waals surface area contributed by atoms with Gasteiger partial charge >= 0.3 is 0 Å².